The van der Waals surface area contributed by atoms with Crippen LogP contribution in [0.15, 0.2) is 46.9 Å². The van der Waals surface area contributed by atoms with Crippen molar-refractivity contribution in [3.8, 4) is 5.75 Å². The van der Waals surface area contributed by atoms with Gasteiger partial charge in [-0.3, -0.25) is 4.79 Å². The van der Waals surface area contributed by atoms with E-state index in [9.17, 15) is 4.79 Å². The number of nitrogens with two attached hydrogens (primary N) is 1. The van der Waals surface area contributed by atoms with Gasteiger partial charge in [0.15, 0.2) is 0 Å². The molecule has 0 radical (unpaired) electrons. The van der Waals surface area contributed by atoms with E-state index in [0.717, 1.165) is 15.8 Å². The number of anilines is 2. The van der Waals surface area contributed by atoms with Gasteiger partial charge in [-0.25, -0.2) is 0 Å². The van der Waals surface area contributed by atoms with Crippen molar-refractivity contribution in [2.24, 2.45) is 0 Å². The second-order valence-electron chi connectivity index (χ2n) is 4.68. The van der Waals surface area contributed by atoms with Crippen LogP contribution in [-0.4, -0.2) is 12.5 Å². The Labute approximate surface area is 132 Å². The van der Waals surface area contributed by atoms with Crippen LogP contribution in [0.5, 0.6) is 5.75 Å². The molecule has 0 aromatic heterocycles. The maximum atomic E-state index is 11.8. The summed E-state index contributed by atoms with van der Waals surface area (Å²) in [7, 11) is 0. The number of aryl methyl sites for hydroxylation is 1. The molecule has 2 aromatic rings. The number of benzene rings is 2. The van der Waals surface area contributed by atoms with Crippen LogP contribution in [0.2, 0.25) is 0 Å². The summed E-state index contributed by atoms with van der Waals surface area (Å²) < 4.78 is 6.60. The van der Waals surface area contributed by atoms with Gasteiger partial charge in [0.2, 0.25) is 5.91 Å². The molecule has 2 aromatic carbocycles. The SMILES string of the molecule is Cc1cc(OCCC(=O)Nc2cccc(N)c2)ccc1Br. The summed E-state index contributed by atoms with van der Waals surface area (Å²) in [6.07, 6.45) is 0.282. The molecule has 21 heavy (non-hydrogen) atoms. The highest BCUT2D eigenvalue weighted by Crippen LogP contribution is 2.21. The molecular weight excluding hydrogens is 332 g/mol. The average Bonchev–Trinajstić information content (AvgIpc) is 2.43. The summed E-state index contributed by atoms with van der Waals surface area (Å²) in [5, 5.41) is 2.78. The van der Waals surface area contributed by atoms with Crippen LogP contribution >= 0.6 is 15.9 Å². The van der Waals surface area contributed by atoms with Gasteiger partial charge in [0.05, 0.1) is 13.0 Å². The third-order valence-corrected chi connectivity index (χ3v) is 3.79. The highest BCUT2D eigenvalue weighted by molar-refractivity contribution is 9.10. The normalized spacial score (nSPS) is 10.2. The van der Waals surface area contributed by atoms with Crippen molar-refractivity contribution in [2.45, 2.75) is 13.3 Å². The highest BCUT2D eigenvalue weighted by Gasteiger charge is 2.04. The largest absolute Gasteiger partial charge is 0.493 e. The maximum Gasteiger partial charge on any atom is 0.227 e. The van der Waals surface area contributed by atoms with Crippen molar-refractivity contribution >= 4 is 33.2 Å². The Kier molecular flexibility index (Phi) is 5.22. The number of nitrogen functional groups attached to an aromatic ring is 1. The first-order valence-corrected chi connectivity index (χ1v) is 7.38. The molecule has 0 heterocycles. The lowest BCUT2D eigenvalue weighted by Crippen LogP contribution is -2.15. The molecule has 0 aliphatic carbocycles. The molecule has 4 nitrogen and oxygen atoms in total. The minimum atomic E-state index is -0.102. The quantitative estimate of drug-likeness (QED) is 0.808. The minimum Gasteiger partial charge on any atom is -0.493 e. The Bertz CT molecular complexity index is 644. The van der Waals surface area contributed by atoms with E-state index in [1.54, 1.807) is 24.3 Å². The minimum absolute atomic E-state index is 0.102. The van der Waals surface area contributed by atoms with Crippen molar-refractivity contribution in [1.82, 2.24) is 0 Å². The number of carbonyl (C=O) groups excluding carboxylic acids is 1. The Balaban J connectivity index is 1.80. The first-order valence-electron chi connectivity index (χ1n) is 6.59. The van der Waals surface area contributed by atoms with Gasteiger partial charge in [-0.15, -0.1) is 0 Å². The van der Waals surface area contributed by atoms with Gasteiger partial charge in [-0.1, -0.05) is 22.0 Å². The van der Waals surface area contributed by atoms with Gasteiger partial charge in [-0.2, -0.15) is 0 Å². The molecule has 0 aliphatic heterocycles. The van der Waals surface area contributed by atoms with Gasteiger partial charge in [0.1, 0.15) is 5.75 Å². The zero-order chi connectivity index (χ0) is 15.2. The number of hydrogen-bond donors (Lipinski definition) is 2. The fraction of sp³-hybridized carbons (Fsp3) is 0.188. The van der Waals surface area contributed by atoms with E-state index in [1.165, 1.54) is 0 Å². The van der Waals surface area contributed by atoms with Crippen LogP contribution in [0, 0.1) is 6.92 Å². The Morgan fingerprint density at radius 2 is 2.10 bits per heavy atom. The van der Waals surface area contributed by atoms with Gasteiger partial charge in [-0.05, 0) is 48.9 Å². The van der Waals surface area contributed by atoms with Crippen LogP contribution in [0.1, 0.15) is 12.0 Å². The summed E-state index contributed by atoms with van der Waals surface area (Å²) in [6, 6.07) is 12.8. The van der Waals surface area contributed by atoms with Crippen molar-refractivity contribution in [3.05, 3.63) is 52.5 Å². The third-order valence-electron chi connectivity index (χ3n) is 2.90. The number of amides is 1. The summed E-state index contributed by atoms with van der Waals surface area (Å²) in [5.74, 6) is 0.655. The van der Waals surface area contributed by atoms with E-state index in [2.05, 4.69) is 21.2 Å². The van der Waals surface area contributed by atoms with Gasteiger partial charge in [0, 0.05) is 15.8 Å². The summed E-state index contributed by atoms with van der Waals surface area (Å²) >= 11 is 3.43. The van der Waals surface area contributed by atoms with E-state index >= 15 is 0 Å². The van der Waals surface area contributed by atoms with E-state index in [1.807, 2.05) is 25.1 Å². The zero-order valence-electron chi connectivity index (χ0n) is 11.7. The van der Waals surface area contributed by atoms with E-state index < -0.39 is 0 Å². The first kappa shape index (κ1) is 15.4. The standard InChI is InChI=1S/C16H17BrN2O2/c1-11-9-14(5-6-15(11)17)21-8-7-16(20)19-13-4-2-3-12(18)10-13/h2-6,9-10H,7-8,18H2,1H3,(H,19,20). The summed E-state index contributed by atoms with van der Waals surface area (Å²) in [6.45, 7) is 2.32. The monoisotopic (exact) mass is 348 g/mol. The average molecular weight is 349 g/mol. The highest BCUT2D eigenvalue weighted by atomic mass is 79.9. The molecule has 0 fully saturated rings. The Morgan fingerprint density at radius 1 is 1.29 bits per heavy atom. The molecule has 0 aliphatic rings. The number of rotatable bonds is 5. The molecule has 5 heteroatoms. The molecule has 0 unspecified atom stereocenters. The van der Waals surface area contributed by atoms with Crippen molar-refractivity contribution < 1.29 is 9.53 Å². The lowest BCUT2D eigenvalue weighted by Gasteiger charge is -2.09. The molecule has 0 spiro atoms. The number of halogens is 1. The first-order chi connectivity index (χ1) is 10.0. The second-order valence-corrected chi connectivity index (χ2v) is 5.54. The summed E-state index contributed by atoms with van der Waals surface area (Å²) in [4.78, 5) is 11.8. The van der Waals surface area contributed by atoms with Crippen molar-refractivity contribution in [2.75, 3.05) is 17.7 Å². The lowest BCUT2D eigenvalue weighted by atomic mass is 10.2. The number of ether oxygens (including phenoxy) is 1. The van der Waals surface area contributed by atoms with E-state index in [4.69, 9.17) is 10.5 Å². The van der Waals surface area contributed by atoms with E-state index in [0.29, 0.717) is 18.0 Å². The molecule has 1 amide bonds. The fourth-order valence-electron chi connectivity index (χ4n) is 1.81. The molecule has 2 rings (SSSR count). The molecule has 0 saturated heterocycles. The van der Waals surface area contributed by atoms with Gasteiger partial charge < -0.3 is 15.8 Å². The van der Waals surface area contributed by atoms with Crippen molar-refractivity contribution in [3.63, 3.8) is 0 Å². The number of hydrogen-bond acceptors (Lipinski definition) is 3. The topological polar surface area (TPSA) is 64.3 Å². The number of carbonyl (C=O) groups is 1. The maximum absolute atomic E-state index is 11.8. The Hall–Kier alpha value is -2.01. The third kappa shape index (κ3) is 4.79. The molecule has 0 bridgehead atoms. The predicted molar refractivity (Wildman–Crippen MR) is 88.5 cm³/mol. The lowest BCUT2D eigenvalue weighted by molar-refractivity contribution is -0.116. The van der Waals surface area contributed by atoms with E-state index in [-0.39, 0.29) is 12.3 Å². The van der Waals surface area contributed by atoms with Crippen molar-refractivity contribution in [1.29, 1.82) is 0 Å². The van der Waals surface area contributed by atoms with Crippen LogP contribution in [0.4, 0.5) is 11.4 Å². The van der Waals surface area contributed by atoms with Gasteiger partial charge in [0.25, 0.3) is 0 Å². The Morgan fingerprint density at radius 3 is 2.81 bits per heavy atom. The fourth-order valence-corrected chi connectivity index (χ4v) is 2.06. The predicted octanol–water partition coefficient (Wildman–Crippen LogP) is 3.75. The summed E-state index contributed by atoms with van der Waals surface area (Å²) in [5.41, 5.74) is 8.06. The number of nitrogens with one attached hydrogen (secondary N) is 1. The van der Waals surface area contributed by atoms with Crippen LogP contribution in [0.25, 0.3) is 0 Å². The molecular formula is C16H17BrN2O2. The molecule has 0 atom stereocenters. The van der Waals surface area contributed by atoms with Crippen LogP contribution < -0.4 is 15.8 Å². The second kappa shape index (κ2) is 7.13. The smallest absolute Gasteiger partial charge is 0.227 e. The van der Waals surface area contributed by atoms with Crippen LogP contribution in [0.3, 0.4) is 0 Å². The zero-order valence-corrected chi connectivity index (χ0v) is 13.3. The van der Waals surface area contributed by atoms with Crippen LogP contribution in [-0.2, 0) is 4.79 Å². The molecule has 3 N–H and O–H groups in total. The molecule has 0 saturated carbocycles. The van der Waals surface area contributed by atoms with Gasteiger partial charge >= 0.3 is 0 Å². The molecule has 110 valence electrons.